The van der Waals surface area contributed by atoms with Gasteiger partial charge in [-0.05, 0) is 62.7 Å². The van der Waals surface area contributed by atoms with Crippen molar-refractivity contribution in [3.05, 3.63) is 71.1 Å². The highest BCUT2D eigenvalue weighted by molar-refractivity contribution is 6.33. The number of rotatable bonds is 5. The van der Waals surface area contributed by atoms with E-state index in [0.29, 0.717) is 16.4 Å². The molecule has 0 aliphatic carbocycles. The Hall–Kier alpha value is -2.92. The lowest BCUT2D eigenvalue weighted by atomic mass is 10.1. The monoisotopic (exact) mass is 381 g/mol. The summed E-state index contributed by atoms with van der Waals surface area (Å²) in [4.78, 5) is 20.7. The third-order valence-electron chi connectivity index (χ3n) is 3.91. The van der Waals surface area contributed by atoms with Gasteiger partial charge in [0, 0.05) is 34.7 Å². The SMILES string of the molecule is Cc1ccncc1C(=O)Nc1ccc(-c2cc(OC(C)C)ccc2Cl)cn1. The first kappa shape index (κ1) is 18.9. The third-order valence-corrected chi connectivity index (χ3v) is 4.24. The highest BCUT2D eigenvalue weighted by Gasteiger charge is 2.11. The minimum absolute atomic E-state index is 0.0747. The van der Waals surface area contributed by atoms with E-state index in [0.717, 1.165) is 22.4 Å². The van der Waals surface area contributed by atoms with Gasteiger partial charge in [0.15, 0.2) is 0 Å². The minimum atomic E-state index is -0.244. The van der Waals surface area contributed by atoms with Crippen LogP contribution in [0.1, 0.15) is 29.8 Å². The number of ether oxygens (including phenoxy) is 1. The van der Waals surface area contributed by atoms with E-state index in [9.17, 15) is 4.79 Å². The second kappa shape index (κ2) is 8.18. The summed E-state index contributed by atoms with van der Waals surface area (Å²) in [5.74, 6) is 0.956. The maximum absolute atomic E-state index is 12.4. The van der Waals surface area contributed by atoms with Crippen molar-refractivity contribution in [3.8, 4) is 16.9 Å². The molecule has 0 aliphatic heterocycles. The second-order valence-electron chi connectivity index (χ2n) is 6.39. The molecule has 1 N–H and O–H groups in total. The summed E-state index contributed by atoms with van der Waals surface area (Å²) in [6.07, 6.45) is 4.94. The summed E-state index contributed by atoms with van der Waals surface area (Å²) in [7, 11) is 0. The molecule has 0 atom stereocenters. The van der Waals surface area contributed by atoms with E-state index < -0.39 is 0 Å². The molecule has 0 fully saturated rings. The molecule has 27 heavy (non-hydrogen) atoms. The fourth-order valence-electron chi connectivity index (χ4n) is 2.58. The fourth-order valence-corrected chi connectivity index (χ4v) is 2.81. The number of amides is 1. The zero-order chi connectivity index (χ0) is 19.4. The Balaban J connectivity index is 1.80. The summed E-state index contributed by atoms with van der Waals surface area (Å²) < 4.78 is 5.73. The fraction of sp³-hybridized carbons (Fsp3) is 0.190. The Bertz CT molecular complexity index is 956. The average Bonchev–Trinajstić information content (AvgIpc) is 2.64. The second-order valence-corrected chi connectivity index (χ2v) is 6.79. The summed E-state index contributed by atoms with van der Waals surface area (Å²) in [6, 6.07) is 10.9. The van der Waals surface area contributed by atoms with Gasteiger partial charge < -0.3 is 10.1 Å². The molecule has 6 heteroatoms. The van der Waals surface area contributed by atoms with Crippen LogP contribution in [0.15, 0.2) is 55.0 Å². The van der Waals surface area contributed by atoms with Crippen molar-refractivity contribution in [2.45, 2.75) is 26.9 Å². The lowest BCUT2D eigenvalue weighted by Gasteiger charge is -2.12. The number of anilines is 1. The third kappa shape index (κ3) is 4.63. The van der Waals surface area contributed by atoms with Gasteiger partial charge in [-0.25, -0.2) is 4.98 Å². The van der Waals surface area contributed by atoms with Gasteiger partial charge in [0.05, 0.1) is 11.7 Å². The topological polar surface area (TPSA) is 64.1 Å². The van der Waals surface area contributed by atoms with Crippen LogP contribution in [0.25, 0.3) is 11.1 Å². The van der Waals surface area contributed by atoms with Gasteiger partial charge in [-0.3, -0.25) is 9.78 Å². The smallest absolute Gasteiger partial charge is 0.258 e. The highest BCUT2D eigenvalue weighted by atomic mass is 35.5. The molecule has 1 aromatic carbocycles. The average molecular weight is 382 g/mol. The highest BCUT2D eigenvalue weighted by Crippen LogP contribution is 2.32. The van der Waals surface area contributed by atoms with E-state index in [1.54, 1.807) is 36.8 Å². The normalized spacial score (nSPS) is 10.7. The Labute approximate surface area is 163 Å². The van der Waals surface area contributed by atoms with Crippen molar-refractivity contribution in [3.63, 3.8) is 0 Å². The Kier molecular flexibility index (Phi) is 5.72. The van der Waals surface area contributed by atoms with E-state index in [2.05, 4.69) is 15.3 Å². The van der Waals surface area contributed by atoms with Gasteiger partial charge in [0.1, 0.15) is 11.6 Å². The summed E-state index contributed by atoms with van der Waals surface area (Å²) >= 11 is 6.33. The first-order valence-electron chi connectivity index (χ1n) is 8.58. The number of aryl methyl sites for hydroxylation is 1. The maximum atomic E-state index is 12.4. The molecule has 0 saturated carbocycles. The number of hydrogen-bond donors (Lipinski definition) is 1. The number of carbonyl (C=O) groups excluding carboxylic acids is 1. The lowest BCUT2D eigenvalue weighted by Crippen LogP contribution is -2.14. The lowest BCUT2D eigenvalue weighted by molar-refractivity contribution is 0.102. The quantitative estimate of drug-likeness (QED) is 0.664. The molecule has 138 valence electrons. The Morgan fingerprint density at radius 2 is 1.96 bits per heavy atom. The number of halogens is 1. The van der Waals surface area contributed by atoms with Crippen molar-refractivity contribution < 1.29 is 9.53 Å². The van der Waals surface area contributed by atoms with Crippen LogP contribution in [0.2, 0.25) is 5.02 Å². The summed E-state index contributed by atoms with van der Waals surface area (Å²) in [5, 5.41) is 3.39. The van der Waals surface area contributed by atoms with Crippen LogP contribution < -0.4 is 10.1 Å². The number of benzene rings is 1. The number of aromatic nitrogens is 2. The van der Waals surface area contributed by atoms with Gasteiger partial charge in [-0.1, -0.05) is 11.6 Å². The van der Waals surface area contributed by atoms with Crippen LogP contribution in [0.5, 0.6) is 5.75 Å². The number of carbonyl (C=O) groups is 1. The standard InChI is InChI=1S/C21H20ClN3O2/c1-13(2)27-16-5-6-19(22)17(10-16)15-4-7-20(24-11-15)25-21(26)18-12-23-9-8-14(18)3/h4-13H,1-3H3,(H,24,25,26). The van der Waals surface area contributed by atoms with Gasteiger partial charge in [-0.2, -0.15) is 0 Å². The molecule has 0 aliphatic rings. The summed E-state index contributed by atoms with van der Waals surface area (Å²) in [5.41, 5.74) is 3.03. The number of pyridine rings is 2. The van der Waals surface area contributed by atoms with Gasteiger partial charge in [-0.15, -0.1) is 0 Å². The van der Waals surface area contributed by atoms with Crippen LogP contribution >= 0.6 is 11.6 Å². The van der Waals surface area contributed by atoms with Gasteiger partial charge in [0.2, 0.25) is 0 Å². The maximum Gasteiger partial charge on any atom is 0.258 e. The van der Waals surface area contributed by atoms with E-state index in [1.165, 1.54) is 0 Å². The Morgan fingerprint density at radius 3 is 2.63 bits per heavy atom. The molecular formula is C21H20ClN3O2. The molecule has 2 aromatic heterocycles. The molecule has 0 saturated heterocycles. The van der Waals surface area contributed by atoms with Crippen LogP contribution in [-0.2, 0) is 0 Å². The van der Waals surface area contributed by atoms with Gasteiger partial charge in [0.25, 0.3) is 5.91 Å². The molecular weight excluding hydrogens is 362 g/mol. The first-order chi connectivity index (χ1) is 12.9. The van der Waals surface area contributed by atoms with E-state index in [-0.39, 0.29) is 12.0 Å². The molecule has 0 spiro atoms. The van der Waals surface area contributed by atoms with Crippen LogP contribution in [0, 0.1) is 6.92 Å². The van der Waals surface area contributed by atoms with Crippen molar-refractivity contribution >= 4 is 23.3 Å². The van der Waals surface area contributed by atoms with Crippen molar-refractivity contribution in [1.29, 1.82) is 0 Å². The van der Waals surface area contributed by atoms with E-state index in [1.807, 2.05) is 39.0 Å². The molecule has 0 bridgehead atoms. The molecule has 1 amide bonds. The molecule has 2 heterocycles. The zero-order valence-electron chi connectivity index (χ0n) is 15.4. The van der Waals surface area contributed by atoms with Crippen molar-refractivity contribution in [2.75, 3.05) is 5.32 Å². The van der Waals surface area contributed by atoms with Crippen LogP contribution in [-0.4, -0.2) is 22.0 Å². The van der Waals surface area contributed by atoms with E-state index in [4.69, 9.17) is 16.3 Å². The van der Waals surface area contributed by atoms with Crippen LogP contribution in [0.3, 0.4) is 0 Å². The molecule has 3 aromatic rings. The first-order valence-corrected chi connectivity index (χ1v) is 8.96. The molecule has 5 nitrogen and oxygen atoms in total. The number of hydrogen-bond acceptors (Lipinski definition) is 4. The predicted molar refractivity (Wildman–Crippen MR) is 107 cm³/mol. The Morgan fingerprint density at radius 1 is 1.15 bits per heavy atom. The number of nitrogens with zero attached hydrogens (tertiary/aromatic N) is 2. The number of nitrogens with one attached hydrogen (secondary N) is 1. The van der Waals surface area contributed by atoms with Crippen LogP contribution in [0.4, 0.5) is 5.82 Å². The van der Waals surface area contributed by atoms with Crippen molar-refractivity contribution in [2.24, 2.45) is 0 Å². The zero-order valence-corrected chi connectivity index (χ0v) is 16.1. The van der Waals surface area contributed by atoms with E-state index >= 15 is 0 Å². The molecule has 3 rings (SSSR count). The molecule has 0 unspecified atom stereocenters. The summed E-state index contributed by atoms with van der Waals surface area (Å²) in [6.45, 7) is 5.80. The van der Waals surface area contributed by atoms with Crippen molar-refractivity contribution in [1.82, 2.24) is 9.97 Å². The molecule has 0 radical (unpaired) electrons. The predicted octanol–water partition coefficient (Wildman–Crippen LogP) is 5.14. The van der Waals surface area contributed by atoms with Gasteiger partial charge >= 0.3 is 0 Å². The minimum Gasteiger partial charge on any atom is -0.491 e. The largest absolute Gasteiger partial charge is 0.491 e.